The van der Waals surface area contributed by atoms with Crippen LogP contribution >= 0.6 is 0 Å². The van der Waals surface area contributed by atoms with E-state index < -0.39 is 0 Å². The van der Waals surface area contributed by atoms with Crippen molar-refractivity contribution < 1.29 is 4.39 Å². The third-order valence-electron chi connectivity index (χ3n) is 6.96. The van der Waals surface area contributed by atoms with Gasteiger partial charge in [0.25, 0.3) is 0 Å². The number of aryl methyl sites for hydroxylation is 2. The monoisotopic (exact) mass is 532 g/mol. The van der Waals surface area contributed by atoms with E-state index in [0.717, 1.165) is 35.7 Å². The summed E-state index contributed by atoms with van der Waals surface area (Å²) in [5, 5.41) is 0. The van der Waals surface area contributed by atoms with E-state index in [-0.39, 0.29) is 11.2 Å². The van der Waals surface area contributed by atoms with Crippen LogP contribution in [0.4, 0.5) is 4.39 Å². The van der Waals surface area contributed by atoms with Crippen molar-refractivity contribution in [2.45, 2.75) is 94.4 Å². The summed E-state index contributed by atoms with van der Waals surface area (Å²) in [6.45, 7) is 22.7. The van der Waals surface area contributed by atoms with E-state index in [1.54, 1.807) is 25.3 Å². The van der Waals surface area contributed by atoms with Gasteiger partial charge in [0.05, 0.1) is 0 Å². The predicted molar refractivity (Wildman–Crippen MR) is 169 cm³/mol. The normalized spacial score (nSPS) is 14.9. The lowest BCUT2D eigenvalue weighted by molar-refractivity contribution is 0.420. The lowest BCUT2D eigenvalue weighted by Crippen LogP contribution is -2.14. The topological polar surface area (TPSA) is 38.9 Å². The van der Waals surface area contributed by atoms with Crippen LogP contribution < -0.4 is 5.73 Å². The second-order valence-electron chi connectivity index (χ2n) is 11.9. The Morgan fingerprint density at radius 3 is 2.31 bits per heavy atom. The molecule has 0 saturated heterocycles. The van der Waals surface area contributed by atoms with Gasteiger partial charge in [-0.2, -0.15) is 0 Å². The third kappa shape index (κ3) is 12.2. The summed E-state index contributed by atoms with van der Waals surface area (Å²) in [6.07, 6.45) is 13.4. The highest BCUT2D eigenvalue weighted by molar-refractivity contribution is 5.50. The van der Waals surface area contributed by atoms with Crippen LogP contribution in [-0.2, 0) is 6.42 Å². The predicted octanol–water partition coefficient (Wildman–Crippen LogP) is 10.2. The maximum atomic E-state index is 13.9. The Kier molecular flexibility index (Phi) is 14.8. The summed E-state index contributed by atoms with van der Waals surface area (Å²) in [4.78, 5) is 3.98. The zero-order valence-electron chi connectivity index (χ0n) is 26.1. The number of nitrogens with two attached hydrogens (primary N) is 1. The molecule has 214 valence electrons. The van der Waals surface area contributed by atoms with E-state index >= 15 is 0 Å². The van der Waals surface area contributed by atoms with E-state index in [9.17, 15) is 4.39 Å². The molecule has 3 rings (SSSR count). The van der Waals surface area contributed by atoms with Crippen LogP contribution in [-0.4, -0.2) is 4.98 Å². The lowest BCUT2D eigenvalue weighted by atomic mass is 9.78. The van der Waals surface area contributed by atoms with E-state index in [1.165, 1.54) is 36.0 Å². The SMILES string of the molecule is C=CC.CCCC(C)CC(C)C1=CC(N)=C(/C(=C\Cc2ccc(C)c(F)c2)C(C)(C)C)C1.Cc1ccccn1. The Morgan fingerprint density at radius 1 is 1.15 bits per heavy atom. The summed E-state index contributed by atoms with van der Waals surface area (Å²) in [5.74, 6) is 1.17. The number of aromatic nitrogens is 1. The second kappa shape index (κ2) is 16.9. The molecule has 3 heteroatoms. The summed E-state index contributed by atoms with van der Waals surface area (Å²) in [7, 11) is 0. The molecule has 1 heterocycles. The van der Waals surface area contributed by atoms with E-state index in [1.807, 2.05) is 44.2 Å². The van der Waals surface area contributed by atoms with Gasteiger partial charge >= 0.3 is 0 Å². The maximum absolute atomic E-state index is 13.9. The fourth-order valence-electron chi connectivity index (χ4n) is 4.89. The second-order valence-corrected chi connectivity index (χ2v) is 11.9. The molecule has 0 saturated carbocycles. The Balaban J connectivity index is 0.000000638. The molecule has 1 aliphatic carbocycles. The summed E-state index contributed by atoms with van der Waals surface area (Å²) in [6, 6.07) is 11.4. The Morgan fingerprint density at radius 2 is 1.82 bits per heavy atom. The van der Waals surface area contributed by atoms with Gasteiger partial charge in [-0.1, -0.05) is 90.3 Å². The van der Waals surface area contributed by atoms with Crippen molar-refractivity contribution in [1.82, 2.24) is 4.98 Å². The molecule has 0 aliphatic heterocycles. The fraction of sp³-hybridized carbons (Fsp3) is 0.472. The molecular weight excluding hydrogens is 479 g/mol. The van der Waals surface area contributed by atoms with Crippen molar-refractivity contribution in [2.24, 2.45) is 23.0 Å². The van der Waals surface area contributed by atoms with Crippen LogP contribution in [0.25, 0.3) is 0 Å². The first-order valence-corrected chi connectivity index (χ1v) is 14.4. The van der Waals surface area contributed by atoms with Crippen LogP contribution in [0.2, 0.25) is 0 Å². The van der Waals surface area contributed by atoms with Gasteiger partial charge in [-0.05, 0) is 104 Å². The van der Waals surface area contributed by atoms with E-state index in [2.05, 4.69) is 65.3 Å². The molecular formula is C36H53FN2. The maximum Gasteiger partial charge on any atom is 0.126 e. The first kappa shape index (κ1) is 34.1. The van der Waals surface area contributed by atoms with Gasteiger partial charge in [-0.3, -0.25) is 4.98 Å². The van der Waals surface area contributed by atoms with Gasteiger partial charge in [-0.15, -0.1) is 6.58 Å². The Labute approximate surface area is 239 Å². The number of nitrogens with zero attached hydrogens (tertiary/aromatic N) is 1. The molecule has 1 aromatic heterocycles. The van der Waals surface area contributed by atoms with Crippen LogP contribution in [0.1, 0.15) is 91.0 Å². The first-order valence-electron chi connectivity index (χ1n) is 14.4. The molecule has 2 nitrogen and oxygen atoms in total. The molecule has 0 radical (unpaired) electrons. The van der Waals surface area contributed by atoms with Crippen LogP contribution in [0.5, 0.6) is 0 Å². The smallest absolute Gasteiger partial charge is 0.126 e. The highest BCUT2D eigenvalue weighted by Crippen LogP contribution is 2.41. The first-order chi connectivity index (χ1) is 18.3. The van der Waals surface area contributed by atoms with Crippen molar-refractivity contribution in [3.63, 3.8) is 0 Å². The van der Waals surface area contributed by atoms with Crippen molar-refractivity contribution in [3.8, 4) is 0 Å². The van der Waals surface area contributed by atoms with Gasteiger partial charge in [0.1, 0.15) is 5.82 Å². The van der Waals surface area contributed by atoms with Crippen LogP contribution in [0.15, 0.2) is 89.8 Å². The molecule has 0 amide bonds. The van der Waals surface area contributed by atoms with E-state index in [4.69, 9.17) is 5.73 Å². The van der Waals surface area contributed by atoms with Crippen LogP contribution in [0.3, 0.4) is 0 Å². The third-order valence-corrected chi connectivity index (χ3v) is 6.96. The van der Waals surface area contributed by atoms with Crippen molar-refractivity contribution in [3.05, 3.63) is 112 Å². The minimum absolute atomic E-state index is 0.00871. The van der Waals surface area contributed by atoms with Gasteiger partial charge in [0, 0.05) is 17.6 Å². The lowest BCUT2D eigenvalue weighted by Gasteiger charge is -2.26. The van der Waals surface area contributed by atoms with Gasteiger partial charge in [-0.25, -0.2) is 4.39 Å². The molecule has 2 unspecified atom stereocenters. The van der Waals surface area contributed by atoms with E-state index in [0.29, 0.717) is 11.5 Å². The quantitative estimate of drug-likeness (QED) is 0.343. The molecule has 2 aromatic rings. The largest absolute Gasteiger partial charge is 0.398 e. The summed E-state index contributed by atoms with van der Waals surface area (Å²) >= 11 is 0. The van der Waals surface area contributed by atoms with Gasteiger partial charge in [0.2, 0.25) is 0 Å². The fourth-order valence-corrected chi connectivity index (χ4v) is 4.89. The molecule has 2 atom stereocenters. The Hall–Kier alpha value is -2.94. The molecule has 39 heavy (non-hydrogen) atoms. The molecule has 1 aromatic carbocycles. The standard InChI is InChI=1S/C27H40FN.C6H7N.C3H6/c1-8-9-18(2)14-20(4)22-16-23(26(29)17-22)24(27(5,6)7)13-12-21-11-10-19(3)25(28)15-21;1-6-4-2-3-5-7-6;1-3-2/h10-11,13,15,17-18,20H,8-9,12,14,16,29H2,1-7H3;2-5H,1H3;3H,1H2,2H3/b24-13+;;. The molecule has 0 bridgehead atoms. The number of hydrogen-bond donors (Lipinski definition) is 1. The highest BCUT2D eigenvalue weighted by atomic mass is 19.1. The van der Waals surface area contributed by atoms with Crippen molar-refractivity contribution in [1.29, 1.82) is 0 Å². The van der Waals surface area contributed by atoms with Gasteiger partial charge in [0.15, 0.2) is 0 Å². The number of halogens is 1. The number of rotatable bonds is 8. The molecule has 0 fully saturated rings. The zero-order valence-corrected chi connectivity index (χ0v) is 26.1. The molecule has 0 spiro atoms. The van der Waals surface area contributed by atoms with Gasteiger partial charge < -0.3 is 5.73 Å². The number of hydrogen-bond acceptors (Lipinski definition) is 2. The number of benzene rings is 1. The minimum atomic E-state index is -0.133. The summed E-state index contributed by atoms with van der Waals surface area (Å²) in [5.41, 5.74) is 14.2. The Bertz CT molecular complexity index is 1120. The highest BCUT2D eigenvalue weighted by Gasteiger charge is 2.27. The average molecular weight is 533 g/mol. The number of allylic oxidation sites excluding steroid dienone is 6. The summed E-state index contributed by atoms with van der Waals surface area (Å²) < 4.78 is 13.9. The molecule has 2 N–H and O–H groups in total. The average Bonchev–Trinajstić information content (AvgIpc) is 3.23. The van der Waals surface area contributed by atoms with Crippen molar-refractivity contribution >= 4 is 0 Å². The minimum Gasteiger partial charge on any atom is -0.398 e. The number of pyridine rings is 1. The zero-order chi connectivity index (χ0) is 29.6. The van der Waals surface area contributed by atoms with Crippen LogP contribution in [0, 0.1) is 36.9 Å². The van der Waals surface area contributed by atoms with Crippen molar-refractivity contribution in [2.75, 3.05) is 0 Å². The molecule has 1 aliphatic rings.